The second-order valence-electron chi connectivity index (χ2n) is 5.21. The van der Waals surface area contributed by atoms with E-state index >= 15 is 0 Å². The average Bonchev–Trinajstić information content (AvgIpc) is 2.56. The highest BCUT2D eigenvalue weighted by Crippen LogP contribution is 2.23. The molecule has 0 aliphatic heterocycles. The Morgan fingerprint density at radius 2 is 1.79 bits per heavy atom. The van der Waals surface area contributed by atoms with E-state index in [1.165, 1.54) is 25.0 Å². The monoisotopic (exact) mass is 330 g/mol. The number of carbonyl (C=O) groups is 2. The number of hydrogen-bond donors (Lipinski definition) is 1. The first-order chi connectivity index (χ1) is 11.5. The van der Waals surface area contributed by atoms with Crippen molar-refractivity contribution in [2.75, 3.05) is 19.0 Å². The van der Waals surface area contributed by atoms with Crippen LogP contribution in [0.3, 0.4) is 0 Å². The molecule has 2 rings (SSSR count). The van der Waals surface area contributed by atoms with Gasteiger partial charge in [-0.15, -0.1) is 0 Å². The first kappa shape index (κ1) is 17.5. The molecule has 0 aliphatic carbocycles. The molecule has 126 valence electrons. The van der Waals surface area contributed by atoms with Gasteiger partial charge in [0.15, 0.2) is 0 Å². The van der Waals surface area contributed by atoms with Crippen molar-refractivity contribution in [1.29, 1.82) is 0 Å². The SMILES string of the molecule is COc1ccccc1NC(=O)CN(Cc1ccccc1F)C(C)=O. The molecule has 5 nitrogen and oxygen atoms in total. The highest BCUT2D eigenvalue weighted by atomic mass is 19.1. The second kappa shape index (κ2) is 8.10. The summed E-state index contributed by atoms with van der Waals surface area (Å²) in [7, 11) is 1.51. The smallest absolute Gasteiger partial charge is 0.244 e. The number of nitrogens with zero attached hydrogens (tertiary/aromatic N) is 1. The van der Waals surface area contributed by atoms with Crippen LogP contribution in [0.1, 0.15) is 12.5 Å². The molecule has 1 N–H and O–H groups in total. The van der Waals surface area contributed by atoms with Gasteiger partial charge in [0, 0.05) is 19.0 Å². The molecule has 0 aromatic heterocycles. The largest absolute Gasteiger partial charge is 0.495 e. The first-order valence-corrected chi connectivity index (χ1v) is 7.43. The Morgan fingerprint density at radius 1 is 1.12 bits per heavy atom. The van der Waals surface area contributed by atoms with Crippen molar-refractivity contribution in [2.45, 2.75) is 13.5 Å². The summed E-state index contributed by atoms with van der Waals surface area (Å²) in [6.45, 7) is 1.19. The number of amides is 2. The lowest BCUT2D eigenvalue weighted by molar-refractivity contribution is -0.133. The molecule has 0 radical (unpaired) electrons. The van der Waals surface area contributed by atoms with Crippen molar-refractivity contribution in [3.05, 3.63) is 59.9 Å². The molecule has 0 heterocycles. The van der Waals surface area contributed by atoms with Crippen molar-refractivity contribution in [3.63, 3.8) is 0 Å². The van der Waals surface area contributed by atoms with Gasteiger partial charge in [-0.1, -0.05) is 30.3 Å². The number of nitrogens with one attached hydrogen (secondary N) is 1. The summed E-state index contributed by atoms with van der Waals surface area (Å²) in [5.41, 5.74) is 0.872. The van der Waals surface area contributed by atoms with E-state index in [1.807, 2.05) is 0 Å². The molecule has 2 aromatic rings. The Bertz CT molecular complexity index is 734. The number of carbonyl (C=O) groups excluding carboxylic acids is 2. The van der Waals surface area contributed by atoms with Crippen LogP contribution in [0.25, 0.3) is 0 Å². The Kier molecular flexibility index (Phi) is 5.89. The van der Waals surface area contributed by atoms with Crippen LogP contribution in [-0.4, -0.2) is 30.4 Å². The van der Waals surface area contributed by atoms with Crippen molar-refractivity contribution >= 4 is 17.5 Å². The van der Waals surface area contributed by atoms with E-state index in [0.29, 0.717) is 17.0 Å². The number of rotatable bonds is 6. The van der Waals surface area contributed by atoms with Gasteiger partial charge in [0.2, 0.25) is 11.8 Å². The summed E-state index contributed by atoms with van der Waals surface area (Å²) in [6.07, 6.45) is 0. The van der Waals surface area contributed by atoms with Crippen LogP contribution >= 0.6 is 0 Å². The summed E-state index contributed by atoms with van der Waals surface area (Å²) >= 11 is 0. The Balaban J connectivity index is 2.06. The molecular weight excluding hydrogens is 311 g/mol. The van der Waals surface area contributed by atoms with Gasteiger partial charge in [0.1, 0.15) is 18.1 Å². The predicted molar refractivity (Wildman–Crippen MR) is 89.1 cm³/mol. The maximum Gasteiger partial charge on any atom is 0.244 e. The van der Waals surface area contributed by atoms with Crippen molar-refractivity contribution < 1.29 is 18.7 Å². The molecule has 2 amide bonds. The van der Waals surface area contributed by atoms with Crippen LogP contribution in [0, 0.1) is 5.82 Å². The van der Waals surface area contributed by atoms with E-state index < -0.39 is 5.82 Å². The van der Waals surface area contributed by atoms with Crippen LogP contribution < -0.4 is 10.1 Å². The van der Waals surface area contributed by atoms with E-state index in [4.69, 9.17) is 4.74 Å². The highest BCUT2D eigenvalue weighted by molar-refractivity contribution is 5.95. The van der Waals surface area contributed by atoms with Gasteiger partial charge in [-0.2, -0.15) is 0 Å². The van der Waals surface area contributed by atoms with Gasteiger partial charge in [-0.3, -0.25) is 9.59 Å². The Hall–Kier alpha value is -2.89. The van der Waals surface area contributed by atoms with Crippen molar-refractivity contribution in [2.24, 2.45) is 0 Å². The van der Waals surface area contributed by atoms with Gasteiger partial charge >= 0.3 is 0 Å². The minimum absolute atomic E-state index is 0.0291. The second-order valence-corrected chi connectivity index (χ2v) is 5.21. The third kappa shape index (κ3) is 4.55. The summed E-state index contributed by atoms with van der Waals surface area (Å²) in [5, 5.41) is 2.70. The fourth-order valence-corrected chi connectivity index (χ4v) is 2.22. The Labute approximate surface area is 140 Å². The third-order valence-corrected chi connectivity index (χ3v) is 3.48. The molecule has 0 spiro atoms. The molecule has 0 saturated carbocycles. The molecule has 24 heavy (non-hydrogen) atoms. The van der Waals surface area contributed by atoms with Gasteiger partial charge in [-0.05, 0) is 18.2 Å². The number of anilines is 1. The van der Waals surface area contributed by atoms with Crippen molar-refractivity contribution in [1.82, 2.24) is 4.90 Å². The van der Waals surface area contributed by atoms with E-state index in [2.05, 4.69) is 5.32 Å². The van der Waals surface area contributed by atoms with Gasteiger partial charge < -0.3 is 15.0 Å². The summed E-state index contributed by atoms with van der Waals surface area (Å²) < 4.78 is 18.9. The van der Waals surface area contributed by atoms with Crippen LogP contribution in [0.4, 0.5) is 10.1 Å². The molecular formula is C18H19FN2O3. The number of hydrogen-bond acceptors (Lipinski definition) is 3. The minimum Gasteiger partial charge on any atom is -0.495 e. The third-order valence-electron chi connectivity index (χ3n) is 3.48. The molecule has 0 fully saturated rings. The number of methoxy groups -OCH3 is 1. The number of ether oxygens (including phenoxy) is 1. The number of halogens is 1. The summed E-state index contributed by atoms with van der Waals surface area (Å²) in [6, 6.07) is 13.1. The fraction of sp³-hybridized carbons (Fsp3) is 0.222. The van der Waals surface area contributed by atoms with Crippen LogP contribution in [-0.2, 0) is 16.1 Å². The lowest BCUT2D eigenvalue weighted by atomic mass is 10.2. The summed E-state index contributed by atoms with van der Waals surface area (Å²) in [4.78, 5) is 25.3. The molecule has 2 aromatic carbocycles. The maximum atomic E-state index is 13.7. The molecule has 0 aliphatic rings. The molecule has 0 bridgehead atoms. The summed E-state index contributed by atoms with van der Waals surface area (Å²) in [5.74, 6) is -0.581. The highest BCUT2D eigenvalue weighted by Gasteiger charge is 2.16. The quantitative estimate of drug-likeness (QED) is 0.886. The molecule has 6 heteroatoms. The standard InChI is InChI=1S/C18H19FN2O3/c1-13(22)21(11-14-7-3-4-8-15(14)19)12-18(23)20-16-9-5-6-10-17(16)24-2/h3-10H,11-12H2,1-2H3,(H,20,23). The number of para-hydroxylation sites is 2. The lowest BCUT2D eigenvalue weighted by Gasteiger charge is -2.21. The van der Waals surface area contributed by atoms with Crippen LogP contribution in [0.15, 0.2) is 48.5 Å². The maximum absolute atomic E-state index is 13.7. The average molecular weight is 330 g/mol. The lowest BCUT2D eigenvalue weighted by Crippen LogP contribution is -2.36. The first-order valence-electron chi connectivity index (χ1n) is 7.43. The molecule has 0 unspecified atom stereocenters. The zero-order chi connectivity index (χ0) is 17.5. The molecule has 0 saturated heterocycles. The van der Waals surface area contributed by atoms with Gasteiger partial charge in [0.05, 0.1) is 12.8 Å². The normalized spacial score (nSPS) is 10.1. The topological polar surface area (TPSA) is 58.6 Å². The van der Waals surface area contributed by atoms with Gasteiger partial charge in [0.25, 0.3) is 0 Å². The molecule has 0 atom stereocenters. The van der Waals surface area contributed by atoms with E-state index in [0.717, 1.165) is 0 Å². The van der Waals surface area contributed by atoms with Crippen LogP contribution in [0.5, 0.6) is 5.75 Å². The van der Waals surface area contributed by atoms with E-state index in [-0.39, 0.29) is 24.9 Å². The Morgan fingerprint density at radius 3 is 2.46 bits per heavy atom. The van der Waals surface area contributed by atoms with E-state index in [1.54, 1.807) is 42.5 Å². The van der Waals surface area contributed by atoms with Crippen molar-refractivity contribution in [3.8, 4) is 5.75 Å². The predicted octanol–water partition coefficient (Wildman–Crippen LogP) is 2.82. The fourth-order valence-electron chi connectivity index (χ4n) is 2.22. The van der Waals surface area contributed by atoms with Gasteiger partial charge in [-0.25, -0.2) is 4.39 Å². The zero-order valence-corrected chi connectivity index (χ0v) is 13.6. The zero-order valence-electron chi connectivity index (χ0n) is 13.6. The van der Waals surface area contributed by atoms with Crippen LogP contribution in [0.2, 0.25) is 0 Å². The number of benzene rings is 2. The minimum atomic E-state index is -0.408. The van der Waals surface area contributed by atoms with E-state index in [9.17, 15) is 14.0 Å².